The molecule has 0 radical (unpaired) electrons. The van der Waals surface area contributed by atoms with E-state index in [2.05, 4.69) is 16.4 Å². The number of nitrogens with zero attached hydrogens (tertiary/aromatic N) is 3. The van der Waals surface area contributed by atoms with Gasteiger partial charge in [0.15, 0.2) is 5.13 Å². The number of para-hydroxylation sites is 1. The molecule has 0 unspecified atom stereocenters. The van der Waals surface area contributed by atoms with Gasteiger partial charge in [-0.25, -0.2) is 9.97 Å². The van der Waals surface area contributed by atoms with Gasteiger partial charge < -0.3 is 19.5 Å². The van der Waals surface area contributed by atoms with Crippen molar-refractivity contribution in [2.24, 2.45) is 0 Å². The lowest BCUT2D eigenvalue weighted by Gasteiger charge is -2.15. The summed E-state index contributed by atoms with van der Waals surface area (Å²) in [4.78, 5) is 22.3. The molecule has 3 aromatic carbocycles. The number of aromatic nitrogens is 2. The molecule has 5 aromatic rings. The Labute approximate surface area is 258 Å². The summed E-state index contributed by atoms with van der Waals surface area (Å²) < 4.78 is 16.5. The Balaban J connectivity index is 1.38. The number of pyridine rings is 1. The van der Waals surface area contributed by atoms with Gasteiger partial charge in [-0.3, -0.25) is 4.79 Å². The molecule has 0 spiro atoms. The molecular formula is C33H28N4O4S2. The van der Waals surface area contributed by atoms with E-state index in [0.29, 0.717) is 55.5 Å². The normalized spacial score (nSPS) is 10.6. The summed E-state index contributed by atoms with van der Waals surface area (Å²) in [7, 11) is 4.80. The number of benzene rings is 3. The van der Waals surface area contributed by atoms with Crippen molar-refractivity contribution in [2.75, 3.05) is 32.4 Å². The fourth-order valence-electron chi connectivity index (χ4n) is 4.46. The number of amides is 1. The van der Waals surface area contributed by atoms with Gasteiger partial charge in [-0.15, -0.1) is 23.1 Å². The van der Waals surface area contributed by atoms with Crippen LogP contribution in [-0.2, 0) is 4.79 Å². The van der Waals surface area contributed by atoms with Gasteiger partial charge in [0.25, 0.3) is 0 Å². The van der Waals surface area contributed by atoms with Gasteiger partial charge in [0.1, 0.15) is 28.3 Å². The molecule has 10 heteroatoms. The van der Waals surface area contributed by atoms with Crippen LogP contribution < -0.4 is 19.5 Å². The third-order valence-electron chi connectivity index (χ3n) is 6.57. The van der Waals surface area contributed by atoms with Crippen LogP contribution in [0.25, 0.3) is 33.6 Å². The minimum atomic E-state index is -0.180. The summed E-state index contributed by atoms with van der Waals surface area (Å²) in [5.74, 6) is 2.19. The molecule has 2 heterocycles. The number of nitriles is 1. The highest BCUT2D eigenvalue weighted by Crippen LogP contribution is 2.40. The first kappa shape index (κ1) is 29.6. The predicted octanol–water partition coefficient (Wildman–Crippen LogP) is 7.56. The Hall–Kier alpha value is -4.85. The lowest BCUT2D eigenvalue weighted by atomic mass is 9.98. The van der Waals surface area contributed by atoms with E-state index in [4.69, 9.17) is 19.2 Å². The van der Waals surface area contributed by atoms with Crippen LogP contribution in [0.2, 0.25) is 0 Å². The third-order valence-corrected chi connectivity index (χ3v) is 8.30. The van der Waals surface area contributed by atoms with Crippen LogP contribution in [0.15, 0.2) is 89.3 Å². The van der Waals surface area contributed by atoms with Crippen molar-refractivity contribution in [3.8, 4) is 57.0 Å². The van der Waals surface area contributed by atoms with E-state index in [-0.39, 0.29) is 12.3 Å². The molecule has 0 saturated carbocycles. The minimum absolute atomic E-state index is 0.180. The van der Waals surface area contributed by atoms with Crippen molar-refractivity contribution in [1.82, 2.24) is 9.97 Å². The Morgan fingerprint density at radius 1 is 0.860 bits per heavy atom. The highest BCUT2D eigenvalue weighted by Gasteiger charge is 2.20. The van der Waals surface area contributed by atoms with Crippen molar-refractivity contribution >= 4 is 34.1 Å². The van der Waals surface area contributed by atoms with Crippen molar-refractivity contribution in [3.63, 3.8) is 0 Å². The third kappa shape index (κ3) is 6.80. The van der Waals surface area contributed by atoms with Crippen molar-refractivity contribution in [2.45, 2.75) is 11.4 Å². The lowest BCUT2D eigenvalue weighted by molar-refractivity contribution is -0.115. The van der Waals surface area contributed by atoms with Gasteiger partial charge in [-0.2, -0.15) is 5.26 Å². The highest BCUT2D eigenvalue weighted by molar-refractivity contribution is 7.99. The topological polar surface area (TPSA) is 106 Å². The number of thiazole rings is 1. The van der Waals surface area contributed by atoms with Crippen LogP contribution >= 0.6 is 23.1 Å². The second kappa shape index (κ2) is 13.9. The molecule has 0 atom stereocenters. The van der Waals surface area contributed by atoms with Crippen LogP contribution in [-0.4, -0.2) is 43.0 Å². The molecule has 43 heavy (non-hydrogen) atoms. The Morgan fingerprint density at radius 2 is 1.60 bits per heavy atom. The lowest BCUT2D eigenvalue weighted by Crippen LogP contribution is -2.12. The van der Waals surface area contributed by atoms with Crippen LogP contribution in [0.5, 0.6) is 17.2 Å². The maximum atomic E-state index is 12.9. The molecule has 5 rings (SSSR count). The van der Waals surface area contributed by atoms with Crippen LogP contribution in [0.1, 0.15) is 12.0 Å². The van der Waals surface area contributed by atoms with E-state index in [9.17, 15) is 10.1 Å². The largest absolute Gasteiger partial charge is 0.497 e. The summed E-state index contributed by atoms with van der Waals surface area (Å²) in [5.41, 5.74) is 4.99. The van der Waals surface area contributed by atoms with Crippen molar-refractivity contribution < 1.29 is 19.0 Å². The number of thioether (sulfide) groups is 1. The molecule has 1 N–H and O–H groups in total. The van der Waals surface area contributed by atoms with Gasteiger partial charge in [0, 0.05) is 39.8 Å². The predicted molar refractivity (Wildman–Crippen MR) is 171 cm³/mol. The first-order valence-electron chi connectivity index (χ1n) is 13.3. The zero-order valence-corrected chi connectivity index (χ0v) is 25.4. The fraction of sp³-hybridized carbons (Fsp3) is 0.152. The molecule has 0 bridgehead atoms. The second-order valence-electron chi connectivity index (χ2n) is 9.16. The van der Waals surface area contributed by atoms with Gasteiger partial charge >= 0.3 is 0 Å². The monoisotopic (exact) mass is 608 g/mol. The SMILES string of the molecule is COc1ccc(OC)c(-c2cc(-c3ccccc3)nc(SCCC(=O)Nc3nc(-c4ccccc4OC)cs3)c2C#N)c1. The number of ether oxygens (including phenoxy) is 3. The van der Waals surface area contributed by atoms with Crippen molar-refractivity contribution in [1.29, 1.82) is 5.26 Å². The highest BCUT2D eigenvalue weighted by atomic mass is 32.2. The average molecular weight is 609 g/mol. The molecule has 216 valence electrons. The molecule has 8 nitrogen and oxygen atoms in total. The first-order valence-corrected chi connectivity index (χ1v) is 15.2. The van der Waals surface area contributed by atoms with E-state index >= 15 is 0 Å². The molecule has 1 amide bonds. The quantitative estimate of drug-likeness (QED) is 0.153. The van der Waals surface area contributed by atoms with Crippen molar-refractivity contribution in [3.05, 3.63) is 89.8 Å². The van der Waals surface area contributed by atoms with E-state index < -0.39 is 0 Å². The number of carbonyl (C=O) groups is 1. The second-order valence-corrected chi connectivity index (χ2v) is 11.1. The zero-order chi connectivity index (χ0) is 30.2. The molecule has 0 aliphatic carbocycles. The molecular weight excluding hydrogens is 581 g/mol. The summed E-state index contributed by atoms with van der Waals surface area (Å²) in [5, 5.41) is 16.1. The van der Waals surface area contributed by atoms with Crippen LogP contribution in [0, 0.1) is 11.3 Å². The van der Waals surface area contributed by atoms with Gasteiger partial charge in [-0.1, -0.05) is 42.5 Å². The Bertz CT molecular complexity index is 1780. The minimum Gasteiger partial charge on any atom is -0.497 e. The first-order chi connectivity index (χ1) is 21.0. The molecule has 2 aromatic heterocycles. The number of hydrogen-bond donors (Lipinski definition) is 1. The van der Waals surface area contributed by atoms with Gasteiger partial charge in [0.2, 0.25) is 5.91 Å². The maximum absolute atomic E-state index is 12.9. The summed E-state index contributed by atoms with van der Waals surface area (Å²) >= 11 is 2.71. The molecule has 0 fully saturated rings. The number of methoxy groups -OCH3 is 3. The fourth-order valence-corrected chi connectivity index (χ4v) is 6.13. The average Bonchev–Trinajstić information content (AvgIpc) is 3.52. The Kier molecular flexibility index (Phi) is 9.56. The molecule has 0 aliphatic heterocycles. The van der Waals surface area contributed by atoms with Gasteiger partial charge in [-0.05, 0) is 36.4 Å². The number of hydrogen-bond acceptors (Lipinski definition) is 9. The van der Waals surface area contributed by atoms with Gasteiger partial charge in [0.05, 0.1) is 38.3 Å². The zero-order valence-electron chi connectivity index (χ0n) is 23.8. The Morgan fingerprint density at radius 3 is 2.35 bits per heavy atom. The van der Waals surface area contributed by atoms with E-state index in [1.54, 1.807) is 21.3 Å². The van der Waals surface area contributed by atoms with Crippen LogP contribution in [0.4, 0.5) is 5.13 Å². The van der Waals surface area contributed by atoms with E-state index in [1.807, 2.05) is 84.2 Å². The maximum Gasteiger partial charge on any atom is 0.226 e. The van der Waals surface area contributed by atoms with E-state index in [0.717, 1.165) is 16.8 Å². The van der Waals surface area contributed by atoms with E-state index in [1.165, 1.54) is 23.1 Å². The number of rotatable bonds is 11. The summed E-state index contributed by atoms with van der Waals surface area (Å²) in [6.45, 7) is 0. The summed E-state index contributed by atoms with van der Waals surface area (Å²) in [6.07, 6.45) is 0.203. The standard InChI is InChI=1S/C33H28N4O4S2/c1-39-22-13-14-30(41-3)25(17-22)24-18-27(21-9-5-4-6-10-21)35-32(26(24)19-34)42-16-15-31(38)37-33-36-28(20-43-33)23-11-7-8-12-29(23)40-2/h4-14,17-18,20H,15-16H2,1-3H3,(H,36,37,38). The smallest absolute Gasteiger partial charge is 0.226 e. The number of carbonyl (C=O) groups excluding carboxylic acids is 1. The number of anilines is 1. The van der Waals surface area contributed by atoms with Crippen LogP contribution in [0.3, 0.4) is 0 Å². The molecule has 0 aliphatic rings. The molecule has 0 saturated heterocycles. The number of nitrogens with one attached hydrogen (secondary N) is 1. The summed E-state index contributed by atoms with van der Waals surface area (Å²) in [6, 6.07) is 27.1.